The number of hydrogen-bond acceptors (Lipinski definition) is 3. The van der Waals surface area contributed by atoms with Crippen LogP contribution >= 0.6 is 0 Å². The topological polar surface area (TPSA) is 38.7 Å². The zero-order valence-electron chi connectivity index (χ0n) is 12.0. The number of esters is 1. The van der Waals surface area contributed by atoms with Gasteiger partial charge in [-0.2, -0.15) is 0 Å². The number of hydrogen-bond donors (Lipinski definition) is 0. The maximum absolute atomic E-state index is 11.8. The van der Waals surface area contributed by atoms with Gasteiger partial charge in [0.05, 0.1) is 0 Å². The SMILES string of the molecule is Cc1ccc(C2=N/C(=C/C#Cc3ccccc3)C(=O)O2)cc1. The first-order valence-corrected chi connectivity index (χ1v) is 6.87. The first-order valence-electron chi connectivity index (χ1n) is 6.87. The number of carbonyl (C=O) groups excluding carboxylic acids is 1. The van der Waals surface area contributed by atoms with Crippen molar-refractivity contribution in [2.45, 2.75) is 6.92 Å². The Morgan fingerprint density at radius 3 is 2.50 bits per heavy atom. The Labute approximate surface area is 129 Å². The molecule has 0 N–H and O–H groups in total. The molecule has 0 aromatic heterocycles. The zero-order valence-corrected chi connectivity index (χ0v) is 12.0. The van der Waals surface area contributed by atoms with Crippen LogP contribution in [0.4, 0.5) is 0 Å². The number of carbonyl (C=O) groups is 1. The number of cyclic esters (lactones) is 1. The minimum atomic E-state index is -0.474. The number of rotatable bonds is 1. The number of nitrogens with zero attached hydrogens (tertiary/aromatic N) is 1. The minimum Gasteiger partial charge on any atom is -0.402 e. The molecular weight excluding hydrogens is 274 g/mol. The third kappa shape index (κ3) is 3.13. The summed E-state index contributed by atoms with van der Waals surface area (Å²) >= 11 is 0. The Balaban J connectivity index is 1.83. The molecule has 0 amide bonds. The molecule has 1 aliphatic rings. The highest BCUT2D eigenvalue weighted by Crippen LogP contribution is 2.16. The number of aryl methyl sites for hydroxylation is 1. The van der Waals surface area contributed by atoms with Crippen LogP contribution in [-0.2, 0) is 9.53 Å². The Morgan fingerprint density at radius 1 is 1.05 bits per heavy atom. The molecule has 0 spiro atoms. The van der Waals surface area contributed by atoms with Crippen LogP contribution in [0.1, 0.15) is 16.7 Å². The molecule has 0 aliphatic carbocycles. The van der Waals surface area contributed by atoms with Crippen LogP contribution < -0.4 is 0 Å². The highest BCUT2D eigenvalue weighted by Gasteiger charge is 2.23. The summed E-state index contributed by atoms with van der Waals surface area (Å²) in [6.45, 7) is 2.00. The standard InChI is InChI=1S/C19H13NO2/c1-14-10-12-16(13-11-14)18-20-17(19(21)22-18)9-5-8-15-6-3-2-4-7-15/h2-4,6-7,9-13H,1H3/b17-9+. The fraction of sp³-hybridized carbons (Fsp3) is 0.0526. The van der Waals surface area contributed by atoms with Gasteiger partial charge in [0, 0.05) is 17.2 Å². The minimum absolute atomic E-state index is 0.221. The van der Waals surface area contributed by atoms with Gasteiger partial charge in [-0.25, -0.2) is 9.79 Å². The highest BCUT2D eigenvalue weighted by molar-refractivity contribution is 6.11. The molecule has 1 heterocycles. The van der Waals surface area contributed by atoms with E-state index in [1.54, 1.807) is 0 Å². The van der Waals surface area contributed by atoms with E-state index in [1.807, 2.05) is 61.5 Å². The lowest BCUT2D eigenvalue weighted by Crippen LogP contribution is -2.05. The average Bonchev–Trinajstić information content (AvgIpc) is 2.90. The highest BCUT2D eigenvalue weighted by atomic mass is 16.6. The van der Waals surface area contributed by atoms with Gasteiger partial charge in [-0.3, -0.25) is 0 Å². The average molecular weight is 287 g/mol. The maximum Gasteiger partial charge on any atom is 0.364 e. The summed E-state index contributed by atoms with van der Waals surface area (Å²) < 4.78 is 5.18. The summed E-state index contributed by atoms with van der Waals surface area (Å²) in [7, 11) is 0. The first-order chi connectivity index (χ1) is 10.7. The van der Waals surface area contributed by atoms with Gasteiger partial charge in [-0.1, -0.05) is 47.7 Å². The van der Waals surface area contributed by atoms with E-state index in [0.29, 0.717) is 5.90 Å². The van der Waals surface area contributed by atoms with Crippen molar-refractivity contribution in [3.63, 3.8) is 0 Å². The van der Waals surface area contributed by atoms with E-state index < -0.39 is 5.97 Å². The van der Waals surface area contributed by atoms with E-state index >= 15 is 0 Å². The lowest BCUT2D eigenvalue weighted by molar-refractivity contribution is -0.130. The van der Waals surface area contributed by atoms with Crippen molar-refractivity contribution in [2.75, 3.05) is 0 Å². The lowest BCUT2D eigenvalue weighted by Gasteiger charge is -1.99. The molecule has 1 aliphatic heterocycles. The normalized spacial score (nSPS) is 15.0. The fourth-order valence-electron chi connectivity index (χ4n) is 1.94. The van der Waals surface area contributed by atoms with E-state index in [-0.39, 0.29) is 5.70 Å². The molecule has 3 nitrogen and oxygen atoms in total. The van der Waals surface area contributed by atoms with Gasteiger partial charge in [-0.15, -0.1) is 0 Å². The van der Waals surface area contributed by atoms with Crippen molar-refractivity contribution in [1.29, 1.82) is 0 Å². The largest absolute Gasteiger partial charge is 0.402 e. The Morgan fingerprint density at radius 2 is 1.77 bits per heavy atom. The van der Waals surface area contributed by atoms with Gasteiger partial charge in [0.1, 0.15) is 0 Å². The van der Waals surface area contributed by atoms with Gasteiger partial charge in [0.15, 0.2) is 5.70 Å². The summed E-state index contributed by atoms with van der Waals surface area (Å²) in [6.07, 6.45) is 1.48. The van der Waals surface area contributed by atoms with Crippen LogP contribution in [0.25, 0.3) is 0 Å². The molecule has 0 saturated carbocycles. The summed E-state index contributed by atoms with van der Waals surface area (Å²) in [5, 5.41) is 0. The number of allylic oxidation sites excluding steroid dienone is 1. The molecule has 3 rings (SSSR count). The fourth-order valence-corrected chi connectivity index (χ4v) is 1.94. The van der Waals surface area contributed by atoms with E-state index in [2.05, 4.69) is 16.8 Å². The number of benzene rings is 2. The summed E-state index contributed by atoms with van der Waals surface area (Å²) in [4.78, 5) is 16.0. The number of aliphatic imine (C=N–C) groups is 1. The van der Waals surface area contributed by atoms with Crippen LogP contribution in [0.3, 0.4) is 0 Å². The first kappa shape index (κ1) is 13.8. The molecule has 0 fully saturated rings. The monoisotopic (exact) mass is 287 g/mol. The van der Waals surface area contributed by atoms with E-state index in [1.165, 1.54) is 6.08 Å². The van der Waals surface area contributed by atoms with Crippen molar-refractivity contribution >= 4 is 11.9 Å². The van der Waals surface area contributed by atoms with E-state index in [0.717, 1.165) is 16.7 Å². The molecule has 0 unspecified atom stereocenters. The molecule has 22 heavy (non-hydrogen) atoms. The van der Waals surface area contributed by atoms with Crippen molar-refractivity contribution < 1.29 is 9.53 Å². The van der Waals surface area contributed by atoms with Crippen LogP contribution in [0.2, 0.25) is 0 Å². The smallest absolute Gasteiger partial charge is 0.364 e. The van der Waals surface area contributed by atoms with Crippen molar-refractivity contribution in [3.05, 3.63) is 83.1 Å². The van der Waals surface area contributed by atoms with Crippen LogP contribution in [-0.4, -0.2) is 11.9 Å². The molecule has 0 saturated heterocycles. The maximum atomic E-state index is 11.8. The van der Waals surface area contributed by atoms with Crippen LogP contribution in [0, 0.1) is 18.8 Å². The molecule has 2 aromatic carbocycles. The summed E-state index contributed by atoms with van der Waals surface area (Å²) in [5.41, 5.74) is 3.02. The van der Waals surface area contributed by atoms with Gasteiger partial charge in [0.25, 0.3) is 0 Å². The third-order valence-electron chi connectivity index (χ3n) is 3.12. The molecule has 0 atom stereocenters. The Hall–Kier alpha value is -3.12. The summed E-state index contributed by atoms with van der Waals surface area (Å²) in [5.74, 6) is 5.63. The molecule has 0 radical (unpaired) electrons. The van der Waals surface area contributed by atoms with Crippen LogP contribution in [0.15, 0.2) is 71.4 Å². The summed E-state index contributed by atoms with van der Waals surface area (Å²) in [6, 6.07) is 17.2. The van der Waals surface area contributed by atoms with Crippen LogP contribution in [0.5, 0.6) is 0 Å². The van der Waals surface area contributed by atoms with Gasteiger partial charge < -0.3 is 4.74 Å². The second-order valence-electron chi connectivity index (χ2n) is 4.84. The second kappa shape index (κ2) is 6.11. The Bertz CT molecular complexity index is 819. The molecular formula is C19H13NO2. The quantitative estimate of drug-likeness (QED) is 0.459. The van der Waals surface area contributed by atoms with E-state index in [4.69, 9.17) is 4.74 Å². The van der Waals surface area contributed by atoms with Gasteiger partial charge in [0.2, 0.25) is 5.90 Å². The molecule has 0 bridgehead atoms. The van der Waals surface area contributed by atoms with Gasteiger partial charge >= 0.3 is 5.97 Å². The third-order valence-corrected chi connectivity index (χ3v) is 3.12. The molecule has 2 aromatic rings. The number of ether oxygens (including phenoxy) is 1. The second-order valence-corrected chi connectivity index (χ2v) is 4.84. The predicted molar refractivity (Wildman–Crippen MR) is 85.2 cm³/mol. The van der Waals surface area contributed by atoms with Crippen molar-refractivity contribution in [2.24, 2.45) is 4.99 Å². The van der Waals surface area contributed by atoms with E-state index in [9.17, 15) is 4.79 Å². The zero-order chi connectivity index (χ0) is 15.4. The predicted octanol–water partition coefficient (Wildman–Crippen LogP) is 3.23. The lowest BCUT2D eigenvalue weighted by atomic mass is 10.1. The van der Waals surface area contributed by atoms with Crippen molar-refractivity contribution in [3.8, 4) is 11.8 Å². The molecule has 3 heteroatoms. The van der Waals surface area contributed by atoms with Gasteiger partial charge in [-0.05, 0) is 31.2 Å². The Kier molecular flexibility index (Phi) is 3.84. The van der Waals surface area contributed by atoms with Crippen molar-refractivity contribution in [1.82, 2.24) is 0 Å². The molecule has 106 valence electrons.